The van der Waals surface area contributed by atoms with Gasteiger partial charge in [0, 0.05) is 11.8 Å². The number of halogens is 3. The Labute approximate surface area is 153 Å². The van der Waals surface area contributed by atoms with Gasteiger partial charge in [-0.3, -0.25) is 0 Å². The summed E-state index contributed by atoms with van der Waals surface area (Å²) in [6.07, 6.45) is 2.93. The van der Waals surface area contributed by atoms with Gasteiger partial charge >= 0.3 is 0 Å². The molecule has 2 heterocycles. The van der Waals surface area contributed by atoms with Crippen LogP contribution in [-0.2, 0) is 4.74 Å². The van der Waals surface area contributed by atoms with E-state index < -0.39 is 17.5 Å². The van der Waals surface area contributed by atoms with Crippen molar-refractivity contribution in [2.24, 2.45) is 0 Å². The summed E-state index contributed by atoms with van der Waals surface area (Å²) >= 11 is 0. The van der Waals surface area contributed by atoms with Crippen LogP contribution in [0.5, 0.6) is 0 Å². The highest BCUT2D eigenvalue weighted by atomic mass is 19.1. The minimum absolute atomic E-state index is 0.213. The highest BCUT2D eigenvalue weighted by molar-refractivity contribution is 5.65. The number of anilines is 3. The average Bonchev–Trinajstić information content (AvgIpc) is 3.03. The van der Waals surface area contributed by atoms with E-state index in [1.54, 1.807) is 19.1 Å². The van der Waals surface area contributed by atoms with Gasteiger partial charge in [0.25, 0.3) is 0 Å². The number of rotatable bonds is 5. The molecule has 1 aliphatic rings. The zero-order valence-corrected chi connectivity index (χ0v) is 14.5. The molecular formula is C19H17F3N4O. The Morgan fingerprint density at radius 3 is 2.48 bits per heavy atom. The van der Waals surface area contributed by atoms with Crippen LogP contribution < -0.4 is 10.6 Å². The van der Waals surface area contributed by atoms with Crippen molar-refractivity contribution in [2.75, 3.05) is 23.8 Å². The molecule has 2 N–H and O–H groups in total. The Morgan fingerprint density at radius 2 is 1.81 bits per heavy atom. The fourth-order valence-corrected chi connectivity index (χ4v) is 2.85. The minimum Gasteiger partial charge on any atom is -0.378 e. The predicted molar refractivity (Wildman–Crippen MR) is 96.1 cm³/mol. The van der Waals surface area contributed by atoms with Gasteiger partial charge in [0.1, 0.15) is 29.6 Å². The highest BCUT2D eigenvalue weighted by Gasteiger charge is 2.19. The van der Waals surface area contributed by atoms with Gasteiger partial charge in [-0.05, 0) is 36.8 Å². The van der Waals surface area contributed by atoms with Crippen LogP contribution in [0.25, 0.3) is 5.69 Å². The SMILES string of the molecule is Cc1cc(NC2COC2)cc(Nc2cn(-c3cc(F)cc(F)c3)cn2)c1F. The molecule has 5 nitrogen and oxygen atoms in total. The van der Waals surface area contributed by atoms with Crippen molar-refractivity contribution in [1.29, 1.82) is 0 Å². The number of nitrogens with zero attached hydrogens (tertiary/aromatic N) is 2. The summed E-state index contributed by atoms with van der Waals surface area (Å²) in [6.45, 7) is 2.92. The van der Waals surface area contributed by atoms with E-state index in [4.69, 9.17) is 4.74 Å². The molecular weight excluding hydrogens is 357 g/mol. The molecule has 2 aromatic carbocycles. The first-order valence-corrected chi connectivity index (χ1v) is 8.40. The standard InChI is InChI=1S/C19H17F3N4O/c1-11-2-14(24-15-8-27-9-15)6-17(19(11)22)25-18-7-26(10-23-18)16-4-12(20)3-13(21)5-16/h2-7,10,15,24-25H,8-9H2,1H3. The van der Waals surface area contributed by atoms with Gasteiger partial charge in [0.15, 0.2) is 0 Å². The first-order chi connectivity index (χ1) is 13.0. The van der Waals surface area contributed by atoms with Crippen LogP contribution in [0.4, 0.5) is 30.4 Å². The van der Waals surface area contributed by atoms with Crippen molar-refractivity contribution >= 4 is 17.2 Å². The molecule has 140 valence electrons. The Kier molecular flexibility index (Phi) is 4.49. The number of benzene rings is 2. The average molecular weight is 374 g/mol. The molecule has 1 saturated heterocycles. The summed E-state index contributed by atoms with van der Waals surface area (Å²) in [4.78, 5) is 4.14. The molecule has 0 radical (unpaired) electrons. The molecule has 8 heteroatoms. The van der Waals surface area contributed by atoms with Gasteiger partial charge in [-0.25, -0.2) is 18.2 Å². The van der Waals surface area contributed by atoms with E-state index in [1.807, 2.05) is 0 Å². The maximum atomic E-state index is 14.5. The van der Waals surface area contributed by atoms with Gasteiger partial charge in [0.2, 0.25) is 0 Å². The molecule has 1 fully saturated rings. The number of aryl methyl sites for hydroxylation is 1. The number of nitrogens with one attached hydrogen (secondary N) is 2. The second-order valence-corrected chi connectivity index (χ2v) is 6.45. The first-order valence-electron chi connectivity index (χ1n) is 8.40. The van der Waals surface area contributed by atoms with E-state index in [0.29, 0.717) is 24.6 Å². The lowest BCUT2D eigenvalue weighted by Gasteiger charge is -2.28. The molecule has 0 spiro atoms. The molecule has 0 unspecified atom stereocenters. The van der Waals surface area contributed by atoms with Crippen molar-refractivity contribution in [1.82, 2.24) is 9.55 Å². The quantitative estimate of drug-likeness (QED) is 0.704. The van der Waals surface area contributed by atoms with Crippen molar-refractivity contribution in [2.45, 2.75) is 13.0 Å². The van der Waals surface area contributed by atoms with Crippen LogP contribution >= 0.6 is 0 Å². The van der Waals surface area contributed by atoms with Crippen LogP contribution in [0.15, 0.2) is 42.9 Å². The maximum absolute atomic E-state index is 14.5. The molecule has 0 atom stereocenters. The van der Waals surface area contributed by atoms with Gasteiger partial charge in [-0.1, -0.05) is 0 Å². The molecule has 4 rings (SSSR count). The summed E-state index contributed by atoms with van der Waals surface area (Å²) in [5.74, 6) is -1.42. The van der Waals surface area contributed by atoms with Crippen molar-refractivity contribution in [3.05, 3.63) is 65.9 Å². The van der Waals surface area contributed by atoms with E-state index >= 15 is 0 Å². The molecule has 3 aromatic rings. The smallest absolute Gasteiger partial charge is 0.149 e. The Balaban J connectivity index is 1.58. The molecule has 0 amide bonds. The summed E-state index contributed by atoms with van der Waals surface area (Å²) in [6, 6.07) is 6.76. The zero-order valence-electron chi connectivity index (χ0n) is 14.5. The lowest BCUT2D eigenvalue weighted by molar-refractivity contribution is 0.0211. The summed E-state index contributed by atoms with van der Waals surface area (Å²) in [7, 11) is 0. The van der Waals surface area contributed by atoms with Crippen LogP contribution in [0.2, 0.25) is 0 Å². The summed E-state index contributed by atoms with van der Waals surface area (Å²) in [5.41, 5.74) is 1.80. The predicted octanol–water partition coefficient (Wildman–Crippen LogP) is 4.15. The third kappa shape index (κ3) is 3.75. The normalized spacial score (nSPS) is 14.1. The van der Waals surface area contributed by atoms with E-state index in [2.05, 4.69) is 15.6 Å². The van der Waals surface area contributed by atoms with Gasteiger partial charge in [-0.2, -0.15) is 0 Å². The Bertz CT molecular complexity index is 965. The van der Waals surface area contributed by atoms with E-state index in [0.717, 1.165) is 11.8 Å². The van der Waals surface area contributed by atoms with Gasteiger partial charge in [0.05, 0.1) is 36.8 Å². The Morgan fingerprint density at radius 1 is 1.07 bits per heavy atom. The van der Waals surface area contributed by atoms with Gasteiger partial charge in [-0.15, -0.1) is 0 Å². The third-order valence-electron chi connectivity index (χ3n) is 4.25. The fraction of sp³-hybridized carbons (Fsp3) is 0.211. The second kappa shape index (κ2) is 6.96. The highest BCUT2D eigenvalue weighted by Crippen LogP contribution is 2.27. The topological polar surface area (TPSA) is 51.1 Å². The van der Waals surface area contributed by atoms with E-state index in [-0.39, 0.29) is 17.4 Å². The van der Waals surface area contributed by atoms with Crippen LogP contribution in [0, 0.1) is 24.4 Å². The second-order valence-electron chi connectivity index (χ2n) is 6.45. The minimum atomic E-state index is -0.686. The number of imidazole rings is 1. The van der Waals surface area contributed by atoms with Crippen LogP contribution in [0.1, 0.15) is 5.56 Å². The molecule has 1 aliphatic heterocycles. The lowest BCUT2D eigenvalue weighted by Crippen LogP contribution is -2.40. The number of hydrogen-bond acceptors (Lipinski definition) is 4. The van der Waals surface area contributed by atoms with Crippen molar-refractivity contribution in [3.8, 4) is 5.69 Å². The lowest BCUT2D eigenvalue weighted by atomic mass is 10.1. The van der Waals surface area contributed by atoms with Crippen LogP contribution in [-0.4, -0.2) is 28.8 Å². The molecule has 0 bridgehead atoms. The third-order valence-corrected chi connectivity index (χ3v) is 4.25. The fourth-order valence-electron chi connectivity index (χ4n) is 2.85. The van der Waals surface area contributed by atoms with Crippen molar-refractivity contribution < 1.29 is 17.9 Å². The monoisotopic (exact) mass is 374 g/mol. The summed E-state index contributed by atoms with van der Waals surface area (Å²) in [5, 5.41) is 6.19. The Hall–Kier alpha value is -3.00. The first kappa shape index (κ1) is 17.4. The number of hydrogen-bond donors (Lipinski definition) is 2. The molecule has 27 heavy (non-hydrogen) atoms. The van der Waals surface area contributed by atoms with Crippen LogP contribution in [0.3, 0.4) is 0 Å². The molecule has 1 aromatic heterocycles. The number of aromatic nitrogens is 2. The molecule has 0 aliphatic carbocycles. The number of ether oxygens (including phenoxy) is 1. The maximum Gasteiger partial charge on any atom is 0.149 e. The van der Waals surface area contributed by atoms with Crippen molar-refractivity contribution in [3.63, 3.8) is 0 Å². The van der Waals surface area contributed by atoms with E-state index in [1.165, 1.54) is 29.2 Å². The van der Waals surface area contributed by atoms with Gasteiger partial charge < -0.3 is 19.9 Å². The zero-order chi connectivity index (χ0) is 19.0. The summed E-state index contributed by atoms with van der Waals surface area (Å²) < 4.78 is 47.9. The molecule has 0 saturated carbocycles. The van der Waals surface area contributed by atoms with E-state index in [9.17, 15) is 13.2 Å². The largest absolute Gasteiger partial charge is 0.378 e.